The number of amides is 1. The lowest BCUT2D eigenvalue weighted by Gasteiger charge is -2.19. The Labute approximate surface area is 114 Å². The number of β-amino-alcohol motifs (C(OH)–C–C–N with tert-alkyl or cyclic N) is 1. The molecule has 2 rings (SSSR count). The van der Waals surface area contributed by atoms with Gasteiger partial charge in [-0.3, -0.25) is 4.79 Å². The van der Waals surface area contributed by atoms with Gasteiger partial charge in [0.05, 0.1) is 5.60 Å². The van der Waals surface area contributed by atoms with E-state index < -0.39 is 5.60 Å². The van der Waals surface area contributed by atoms with E-state index in [0.29, 0.717) is 19.5 Å². The molecule has 0 spiro atoms. The Hall–Kier alpha value is -1.55. The largest absolute Gasteiger partial charge is 0.484 e. The van der Waals surface area contributed by atoms with Gasteiger partial charge in [-0.1, -0.05) is 19.1 Å². The zero-order chi connectivity index (χ0) is 13.9. The van der Waals surface area contributed by atoms with Crippen molar-refractivity contribution in [1.82, 2.24) is 4.90 Å². The van der Waals surface area contributed by atoms with Crippen molar-refractivity contribution in [3.05, 3.63) is 29.8 Å². The molecule has 104 valence electrons. The lowest BCUT2D eigenvalue weighted by atomic mass is 10.1. The number of carbonyl (C=O) groups excluding carboxylic acids is 1. The van der Waals surface area contributed by atoms with Crippen LogP contribution in [0.25, 0.3) is 0 Å². The van der Waals surface area contributed by atoms with Crippen LogP contribution in [-0.4, -0.2) is 41.2 Å². The smallest absolute Gasteiger partial charge is 0.260 e. The molecule has 1 atom stereocenters. The molecule has 0 bridgehead atoms. The summed E-state index contributed by atoms with van der Waals surface area (Å²) in [6, 6.07) is 7.77. The molecule has 19 heavy (non-hydrogen) atoms. The minimum Gasteiger partial charge on any atom is -0.484 e. The average molecular weight is 263 g/mol. The van der Waals surface area contributed by atoms with Crippen molar-refractivity contribution >= 4 is 5.91 Å². The number of likely N-dealkylation sites (tertiary alicyclic amines) is 1. The Morgan fingerprint density at radius 2 is 2.32 bits per heavy atom. The van der Waals surface area contributed by atoms with Crippen molar-refractivity contribution in [3.63, 3.8) is 0 Å². The molecule has 4 heteroatoms. The van der Waals surface area contributed by atoms with Crippen LogP contribution in [0.2, 0.25) is 0 Å². The SMILES string of the molecule is CCc1cccc(OCC(=O)N2CCC(C)(O)C2)c1. The highest BCUT2D eigenvalue weighted by molar-refractivity contribution is 5.78. The Morgan fingerprint density at radius 1 is 1.53 bits per heavy atom. The molecule has 1 unspecified atom stereocenters. The van der Waals surface area contributed by atoms with Gasteiger partial charge in [-0.15, -0.1) is 0 Å². The van der Waals surface area contributed by atoms with Gasteiger partial charge in [-0.05, 0) is 37.5 Å². The molecular formula is C15H21NO3. The Balaban J connectivity index is 1.86. The van der Waals surface area contributed by atoms with Gasteiger partial charge < -0.3 is 14.7 Å². The van der Waals surface area contributed by atoms with Crippen LogP contribution in [0.15, 0.2) is 24.3 Å². The third-order valence-corrected chi connectivity index (χ3v) is 3.47. The zero-order valence-corrected chi connectivity index (χ0v) is 11.6. The third-order valence-electron chi connectivity index (χ3n) is 3.47. The average Bonchev–Trinajstić information content (AvgIpc) is 2.76. The lowest BCUT2D eigenvalue weighted by molar-refractivity contribution is -0.133. The molecular weight excluding hydrogens is 242 g/mol. The maximum Gasteiger partial charge on any atom is 0.260 e. The quantitative estimate of drug-likeness (QED) is 0.898. The van der Waals surface area contributed by atoms with E-state index in [4.69, 9.17) is 4.74 Å². The summed E-state index contributed by atoms with van der Waals surface area (Å²) in [5, 5.41) is 9.83. The highest BCUT2D eigenvalue weighted by Gasteiger charge is 2.33. The third kappa shape index (κ3) is 3.70. The van der Waals surface area contributed by atoms with Crippen molar-refractivity contribution < 1.29 is 14.6 Å². The van der Waals surface area contributed by atoms with Crippen molar-refractivity contribution in [2.75, 3.05) is 19.7 Å². The molecule has 1 fully saturated rings. The molecule has 1 N–H and O–H groups in total. The summed E-state index contributed by atoms with van der Waals surface area (Å²) in [4.78, 5) is 13.6. The van der Waals surface area contributed by atoms with E-state index in [-0.39, 0.29) is 12.5 Å². The minimum absolute atomic E-state index is 0.0310. The summed E-state index contributed by atoms with van der Waals surface area (Å²) in [5.41, 5.74) is 0.437. The number of ether oxygens (including phenoxy) is 1. The van der Waals surface area contributed by atoms with E-state index in [1.165, 1.54) is 5.56 Å². The molecule has 1 aliphatic heterocycles. The van der Waals surface area contributed by atoms with Gasteiger partial charge in [0.15, 0.2) is 6.61 Å². The van der Waals surface area contributed by atoms with Gasteiger partial charge in [0.1, 0.15) is 5.75 Å². The zero-order valence-electron chi connectivity index (χ0n) is 11.6. The van der Waals surface area contributed by atoms with Gasteiger partial charge in [-0.2, -0.15) is 0 Å². The van der Waals surface area contributed by atoms with Gasteiger partial charge >= 0.3 is 0 Å². The maximum absolute atomic E-state index is 12.0. The first-order valence-electron chi connectivity index (χ1n) is 6.72. The van der Waals surface area contributed by atoms with E-state index in [0.717, 1.165) is 12.2 Å². The van der Waals surface area contributed by atoms with Crippen LogP contribution < -0.4 is 4.74 Å². The van der Waals surface area contributed by atoms with Crippen molar-refractivity contribution in [2.24, 2.45) is 0 Å². The number of hydrogen-bond donors (Lipinski definition) is 1. The fraction of sp³-hybridized carbons (Fsp3) is 0.533. The van der Waals surface area contributed by atoms with Crippen LogP contribution in [0.1, 0.15) is 25.8 Å². The van der Waals surface area contributed by atoms with E-state index in [9.17, 15) is 9.90 Å². The Bertz CT molecular complexity index is 456. The highest BCUT2D eigenvalue weighted by atomic mass is 16.5. The molecule has 1 aromatic rings. The van der Waals surface area contributed by atoms with Crippen molar-refractivity contribution in [1.29, 1.82) is 0 Å². The topological polar surface area (TPSA) is 49.8 Å². The number of hydrogen-bond acceptors (Lipinski definition) is 3. The van der Waals surface area contributed by atoms with Crippen molar-refractivity contribution in [3.8, 4) is 5.75 Å². The summed E-state index contributed by atoms with van der Waals surface area (Å²) in [6.45, 7) is 4.86. The molecule has 4 nitrogen and oxygen atoms in total. The second kappa shape index (κ2) is 5.61. The highest BCUT2D eigenvalue weighted by Crippen LogP contribution is 2.20. The molecule has 1 saturated heterocycles. The van der Waals surface area contributed by atoms with E-state index in [1.807, 2.05) is 24.3 Å². The van der Waals surface area contributed by atoms with Crippen LogP contribution in [-0.2, 0) is 11.2 Å². The first-order valence-corrected chi connectivity index (χ1v) is 6.72. The second-order valence-electron chi connectivity index (χ2n) is 5.35. The number of benzene rings is 1. The number of rotatable bonds is 4. The first-order chi connectivity index (χ1) is 9.00. The van der Waals surface area contributed by atoms with Crippen molar-refractivity contribution in [2.45, 2.75) is 32.3 Å². The van der Waals surface area contributed by atoms with E-state index >= 15 is 0 Å². The summed E-state index contributed by atoms with van der Waals surface area (Å²) < 4.78 is 5.52. The summed E-state index contributed by atoms with van der Waals surface area (Å²) in [7, 11) is 0. The predicted octanol–water partition coefficient (Wildman–Crippen LogP) is 1.61. The fourth-order valence-electron chi connectivity index (χ4n) is 2.25. The minimum atomic E-state index is -0.752. The number of aliphatic hydroxyl groups is 1. The molecule has 1 aliphatic rings. The normalized spacial score (nSPS) is 22.6. The van der Waals surface area contributed by atoms with Gasteiger partial charge in [-0.25, -0.2) is 0 Å². The fourth-order valence-corrected chi connectivity index (χ4v) is 2.25. The maximum atomic E-state index is 12.0. The molecule has 1 aromatic carbocycles. The second-order valence-corrected chi connectivity index (χ2v) is 5.35. The number of carbonyl (C=O) groups is 1. The van der Waals surface area contributed by atoms with E-state index in [1.54, 1.807) is 11.8 Å². The van der Waals surface area contributed by atoms with Crippen LogP contribution in [0.5, 0.6) is 5.75 Å². The van der Waals surface area contributed by atoms with Gasteiger partial charge in [0.25, 0.3) is 5.91 Å². The molecule has 0 aliphatic carbocycles. The summed E-state index contributed by atoms with van der Waals surface area (Å²) in [6.07, 6.45) is 1.57. The summed E-state index contributed by atoms with van der Waals surface area (Å²) in [5.74, 6) is 0.651. The van der Waals surface area contributed by atoms with Crippen LogP contribution in [0.4, 0.5) is 0 Å². The molecule has 0 saturated carbocycles. The van der Waals surface area contributed by atoms with Gasteiger partial charge in [0.2, 0.25) is 0 Å². The van der Waals surface area contributed by atoms with Crippen LogP contribution in [0, 0.1) is 0 Å². The Morgan fingerprint density at radius 3 is 2.95 bits per heavy atom. The van der Waals surface area contributed by atoms with Crippen LogP contribution >= 0.6 is 0 Å². The molecule has 0 aromatic heterocycles. The van der Waals surface area contributed by atoms with Crippen LogP contribution in [0.3, 0.4) is 0 Å². The first kappa shape index (κ1) is 13.9. The molecule has 0 radical (unpaired) electrons. The van der Waals surface area contributed by atoms with Gasteiger partial charge in [0, 0.05) is 13.1 Å². The molecule has 1 amide bonds. The number of nitrogens with zero attached hydrogens (tertiary/aromatic N) is 1. The molecule has 1 heterocycles. The van der Waals surface area contributed by atoms with E-state index in [2.05, 4.69) is 6.92 Å². The predicted molar refractivity (Wildman–Crippen MR) is 73.1 cm³/mol. The monoisotopic (exact) mass is 263 g/mol. The number of aryl methyl sites for hydroxylation is 1. The lowest BCUT2D eigenvalue weighted by Crippen LogP contribution is -2.36. The summed E-state index contributed by atoms with van der Waals surface area (Å²) >= 11 is 0. The Kier molecular flexibility index (Phi) is 4.10. The standard InChI is InChI=1S/C15H21NO3/c1-3-12-5-4-6-13(9-12)19-10-14(17)16-8-7-15(2,18)11-16/h4-6,9,18H,3,7-8,10-11H2,1-2H3.